The lowest BCUT2D eigenvalue weighted by molar-refractivity contribution is 0.0690. The van der Waals surface area contributed by atoms with E-state index in [9.17, 15) is 4.79 Å². The summed E-state index contributed by atoms with van der Waals surface area (Å²) in [6.07, 6.45) is 0. The summed E-state index contributed by atoms with van der Waals surface area (Å²) in [5.74, 6) is -1.03. The molecule has 0 unspecified atom stereocenters. The number of hydrogen-bond acceptors (Lipinski definition) is 4. The normalized spacial score (nSPS) is 10.8. The maximum absolute atomic E-state index is 10.9. The van der Waals surface area contributed by atoms with E-state index in [4.69, 9.17) is 5.11 Å². The van der Waals surface area contributed by atoms with Crippen LogP contribution in [0.4, 0.5) is 0 Å². The van der Waals surface area contributed by atoms with Crippen molar-refractivity contribution in [1.29, 1.82) is 0 Å². The number of hydrogen-bond donors (Lipinski definition) is 2. The van der Waals surface area contributed by atoms with E-state index in [1.807, 2.05) is 38.1 Å². The molecule has 0 aliphatic rings. The van der Waals surface area contributed by atoms with Crippen LogP contribution in [-0.2, 0) is 0 Å². The largest absolute Gasteiger partial charge is 0.477 e. The molecule has 0 saturated heterocycles. The molecule has 3 aromatic rings. The van der Waals surface area contributed by atoms with E-state index in [0.29, 0.717) is 5.69 Å². The first kappa shape index (κ1) is 13.5. The number of thiazole rings is 1. The third kappa shape index (κ3) is 2.57. The quantitative estimate of drug-likeness (QED) is 0.775. The molecule has 106 valence electrons. The second-order valence-electron chi connectivity index (χ2n) is 4.76. The summed E-state index contributed by atoms with van der Waals surface area (Å²) < 4.78 is 0. The van der Waals surface area contributed by atoms with Gasteiger partial charge in [0, 0.05) is 16.5 Å². The zero-order valence-corrected chi connectivity index (χ0v) is 12.4. The van der Waals surface area contributed by atoms with Gasteiger partial charge in [-0.1, -0.05) is 29.8 Å². The van der Waals surface area contributed by atoms with Crippen molar-refractivity contribution in [2.75, 3.05) is 0 Å². The van der Waals surface area contributed by atoms with Crippen molar-refractivity contribution in [2.45, 2.75) is 13.8 Å². The van der Waals surface area contributed by atoms with E-state index >= 15 is 0 Å². The van der Waals surface area contributed by atoms with Crippen LogP contribution < -0.4 is 0 Å². The van der Waals surface area contributed by atoms with Crippen molar-refractivity contribution in [1.82, 2.24) is 15.2 Å². The van der Waals surface area contributed by atoms with Gasteiger partial charge in [-0.3, -0.25) is 5.10 Å². The van der Waals surface area contributed by atoms with Crippen LogP contribution in [0.1, 0.15) is 20.9 Å². The van der Waals surface area contributed by atoms with E-state index in [-0.39, 0.29) is 5.69 Å². The summed E-state index contributed by atoms with van der Waals surface area (Å²) in [7, 11) is 0. The third-order valence-electron chi connectivity index (χ3n) is 3.15. The summed E-state index contributed by atoms with van der Waals surface area (Å²) in [4.78, 5) is 16.5. The van der Waals surface area contributed by atoms with E-state index in [1.165, 1.54) is 11.6 Å². The molecular formula is C15H13N3O2S. The Morgan fingerprint density at radius 3 is 2.57 bits per heavy atom. The van der Waals surface area contributed by atoms with Crippen molar-refractivity contribution in [3.05, 3.63) is 46.5 Å². The molecule has 2 heterocycles. The van der Waals surface area contributed by atoms with Crippen LogP contribution in [0, 0.1) is 13.8 Å². The Labute approximate surface area is 125 Å². The van der Waals surface area contributed by atoms with Gasteiger partial charge in [0.05, 0.1) is 0 Å². The first-order chi connectivity index (χ1) is 10.0. The van der Waals surface area contributed by atoms with Crippen LogP contribution in [0.25, 0.3) is 22.0 Å². The van der Waals surface area contributed by atoms with Gasteiger partial charge in [-0.2, -0.15) is 5.10 Å². The molecule has 0 spiro atoms. The Morgan fingerprint density at radius 1 is 1.24 bits per heavy atom. The second kappa shape index (κ2) is 5.14. The minimum Gasteiger partial charge on any atom is -0.477 e. The van der Waals surface area contributed by atoms with E-state index < -0.39 is 5.97 Å². The first-order valence-corrected chi connectivity index (χ1v) is 7.20. The van der Waals surface area contributed by atoms with Gasteiger partial charge in [0.2, 0.25) is 0 Å². The van der Waals surface area contributed by atoms with Gasteiger partial charge in [-0.25, -0.2) is 9.78 Å². The number of rotatable bonds is 3. The molecule has 2 aromatic heterocycles. The van der Waals surface area contributed by atoms with E-state index in [0.717, 1.165) is 21.1 Å². The van der Waals surface area contributed by atoms with E-state index in [2.05, 4.69) is 15.2 Å². The van der Waals surface area contributed by atoms with Crippen molar-refractivity contribution in [2.24, 2.45) is 0 Å². The smallest absolute Gasteiger partial charge is 0.353 e. The zero-order chi connectivity index (χ0) is 15.0. The summed E-state index contributed by atoms with van der Waals surface area (Å²) in [6, 6.07) is 9.66. The molecule has 6 heteroatoms. The summed E-state index contributed by atoms with van der Waals surface area (Å²) >= 11 is 1.57. The molecule has 0 saturated carbocycles. The number of benzene rings is 1. The van der Waals surface area contributed by atoms with Crippen molar-refractivity contribution in [3.8, 4) is 22.0 Å². The maximum Gasteiger partial charge on any atom is 0.353 e. The van der Waals surface area contributed by atoms with Gasteiger partial charge in [-0.15, -0.1) is 11.3 Å². The molecule has 0 atom stereocenters. The molecule has 1 aromatic carbocycles. The second-order valence-corrected chi connectivity index (χ2v) is 5.97. The number of carbonyl (C=O) groups is 1. The van der Waals surface area contributed by atoms with Crippen LogP contribution in [-0.4, -0.2) is 26.3 Å². The molecule has 0 amide bonds. The van der Waals surface area contributed by atoms with Crippen molar-refractivity contribution < 1.29 is 9.90 Å². The lowest BCUT2D eigenvalue weighted by Gasteiger charge is -1.96. The Balaban J connectivity index is 2.00. The standard InChI is InChI=1S/C15H13N3O2S/c1-8-3-5-10(6-4-8)14-16-13(9(2)21-14)11-7-12(15(19)20)18-17-11/h3-7H,1-2H3,(H,17,18)(H,19,20). The van der Waals surface area contributed by atoms with Gasteiger partial charge in [0.15, 0.2) is 0 Å². The van der Waals surface area contributed by atoms with Crippen LogP contribution in [0.15, 0.2) is 30.3 Å². The summed E-state index contributed by atoms with van der Waals surface area (Å²) in [5.41, 5.74) is 3.59. The first-order valence-electron chi connectivity index (χ1n) is 6.38. The molecule has 0 fully saturated rings. The highest BCUT2D eigenvalue weighted by molar-refractivity contribution is 7.15. The fraction of sp³-hybridized carbons (Fsp3) is 0.133. The third-order valence-corrected chi connectivity index (χ3v) is 4.17. The fourth-order valence-corrected chi connectivity index (χ4v) is 2.93. The SMILES string of the molecule is Cc1ccc(-c2nc(-c3cc(C(=O)O)[nH]n3)c(C)s2)cc1. The van der Waals surface area contributed by atoms with Crippen LogP contribution >= 0.6 is 11.3 Å². The highest BCUT2D eigenvalue weighted by Crippen LogP contribution is 2.32. The molecule has 2 N–H and O–H groups in total. The van der Waals surface area contributed by atoms with Crippen LogP contribution in [0.5, 0.6) is 0 Å². The number of aromatic carboxylic acids is 1. The Hall–Kier alpha value is -2.47. The number of aromatic amines is 1. The molecule has 0 bridgehead atoms. The number of nitrogens with one attached hydrogen (secondary N) is 1. The predicted molar refractivity (Wildman–Crippen MR) is 81.6 cm³/mol. The molecule has 5 nitrogen and oxygen atoms in total. The number of aryl methyl sites for hydroxylation is 2. The molecule has 0 radical (unpaired) electrons. The number of nitrogens with zero attached hydrogens (tertiary/aromatic N) is 2. The molecule has 0 aliphatic heterocycles. The van der Waals surface area contributed by atoms with Gasteiger partial charge in [0.1, 0.15) is 22.1 Å². The zero-order valence-electron chi connectivity index (χ0n) is 11.5. The average Bonchev–Trinajstić information content (AvgIpc) is 3.06. The number of carboxylic acid groups (broad SMARTS) is 1. The topological polar surface area (TPSA) is 78.9 Å². The monoisotopic (exact) mass is 299 g/mol. The van der Waals surface area contributed by atoms with Crippen LogP contribution in [0.2, 0.25) is 0 Å². The Bertz CT molecular complexity index is 803. The van der Waals surface area contributed by atoms with Crippen molar-refractivity contribution >= 4 is 17.3 Å². The average molecular weight is 299 g/mol. The maximum atomic E-state index is 10.9. The van der Waals surface area contributed by atoms with Crippen molar-refractivity contribution in [3.63, 3.8) is 0 Å². The number of aromatic nitrogens is 3. The number of H-pyrrole nitrogens is 1. The minimum absolute atomic E-state index is 0.0642. The lowest BCUT2D eigenvalue weighted by atomic mass is 10.2. The Morgan fingerprint density at radius 2 is 1.95 bits per heavy atom. The van der Waals surface area contributed by atoms with Gasteiger partial charge >= 0.3 is 5.97 Å². The van der Waals surface area contributed by atoms with E-state index in [1.54, 1.807) is 11.3 Å². The lowest BCUT2D eigenvalue weighted by Crippen LogP contribution is -1.95. The highest BCUT2D eigenvalue weighted by Gasteiger charge is 2.16. The van der Waals surface area contributed by atoms with Gasteiger partial charge in [0.25, 0.3) is 0 Å². The number of carboxylic acids is 1. The molecular weight excluding hydrogens is 286 g/mol. The Kier molecular flexibility index (Phi) is 3.31. The van der Waals surface area contributed by atoms with Gasteiger partial charge in [-0.05, 0) is 13.8 Å². The fourth-order valence-electron chi connectivity index (χ4n) is 2.01. The summed E-state index contributed by atoms with van der Waals surface area (Å²) in [5, 5.41) is 16.4. The predicted octanol–water partition coefficient (Wildman–Crippen LogP) is 3.52. The van der Waals surface area contributed by atoms with Crippen LogP contribution in [0.3, 0.4) is 0 Å². The summed E-state index contributed by atoms with van der Waals surface area (Å²) in [6.45, 7) is 4.00. The minimum atomic E-state index is -1.03. The molecule has 21 heavy (non-hydrogen) atoms. The molecule has 3 rings (SSSR count). The van der Waals surface area contributed by atoms with Gasteiger partial charge < -0.3 is 5.11 Å². The molecule has 0 aliphatic carbocycles. The highest BCUT2D eigenvalue weighted by atomic mass is 32.1.